The molecule has 0 bridgehead atoms. The van der Waals surface area contributed by atoms with Crippen molar-refractivity contribution in [3.05, 3.63) is 93.7 Å². The zero-order chi connectivity index (χ0) is 23.4. The number of non-ortho nitro benzene ring substituents is 1. The lowest BCUT2D eigenvalue weighted by molar-refractivity contribution is -0.384. The van der Waals surface area contributed by atoms with E-state index in [2.05, 4.69) is 4.98 Å². The summed E-state index contributed by atoms with van der Waals surface area (Å²) in [5, 5.41) is 20.6. The first kappa shape index (κ1) is 20.1. The molecule has 32 heavy (non-hydrogen) atoms. The molecule has 0 saturated carbocycles. The molecule has 1 N–H and O–H groups in total. The van der Waals surface area contributed by atoms with Crippen molar-refractivity contribution in [2.75, 3.05) is 6.54 Å². The van der Waals surface area contributed by atoms with Crippen LogP contribution >= 0.6 is 0 Å². The molecule has 1 aliphatic heterocycles. The van der Waals surface area contributed by atoms with Crippen molar-refractivity contribution >= 4 is 23.7 Å². The van der Waals surface area contributed by atoms with Gasteiger partial charge in [-0.2, -0.15) is 0 Å². The Bertz CT molecular complexity index is 1180. The number of nitrogens with zero attached hydrogens (tertiary/aromatic N) is 3. The van der Waals surface area contributed by atoms with Crippen molar-refractivity contribution in [2.45, 2.75) is 25.5 Å². The van der Waals surface area contributed by atoms with Gasteiger partial charge in [-0.15, -0.1) is 0 Å². The molecule has 0 spiro atoms. The zero-order valence-electron chi connectivity index (χ0n) is 18.3. The number of nitro groups is 1. The summed E-state index contributed by atoms with van der Waals surface area (Å²) in [6, 6.07) is 18.8. The van der Waals surface area contributed by atoms with Gasteiger partial charge in [0.05, 0.1) is 22.4 Å². The Kier molecular flexibility index (Phi) is 5.72. The molecule has 162 valence electrons. The molecule has 2 aromatic carbocycles. The molecule has 1 aromatic heterocycles. The number of hydrogen-bond acceptors (Lipinski definition) is 5. The minimum absolute atomic E-state index is 0.0466. The quantitative estimate of drug-likeness (QED) is 0.477. The van der Waals surface area contributed by atoms with Gasteiger partial charge in [-0.25, -0.2) is 4.98 Å². The number of aromatic nitrogens is 1. The van der Waals surface area contributed by atoms with Gasteiger partial charge >= 0.3 is 0 Å². The van der Waals surface area contributed by atoms with Crippen molar-refractivity contribution in [3.8, 4) is 11.3 Å². The predicted molar refractivity (Wildman–Crippen MR) is 123 cm³/mol. The second-order valence-corrected chi connectivity index (χ2v) is 7.71. The fourth-order valence-electron chi connectivity index (χ4n) is 3.68. The summed E-state index contributed by atoms with van der Waals surface area (Å²) in [5.41, 5.74) is 3.73. The molecule has 1 amide bonds. The standard InChI is InChI=1S/C25H23N3O4/c1-17-15-23(29)16-27(17)25(30)20-10-8-19(9-11-20)24-4-2-3-21(26-24)12-5-18-6-13-22(14-7-18)28(31)32/h2-14,17,23,29H,15-16H2,1H3/b12-5+/t17-,23-/m1/s1/i1D. The molecule has 0 aliphatic carbocycles. The highest BCUT2D eigenvalue weighted by molar-refractivity contribution is 5.95. The zero-order valence-corrected chi connectivity index (χ0v) is 17.3. The van der Waals surface area contributed by atoms with E-state index >= 15 is 0 Å². The number of carbonyl (C=O) groups excluding carboxylic acids is 1. The lowest BCUT2D eigenvalue weighted by Gasteiger charge is -2.21. The molecular formula is C25H23N3O4. The largest absolute Gasteiger partial charge is 0.391 e. The van der Waals surface area contributed by atoms with E-state index in [0.29, 0.717) is 12.0 Å². The molecule has 4 rings (SSSR count). The van der Waals surface area contributed by atoms with Crippen molar-refractivity contribution in [1.82, 2.24) is 9.88 Å². The highest BCUT2D eigenvalue weighted by Crippen LogP contribution is 2.23. The van der Waals surface area contributed by atoms with E-state index in [1.807, 2.05) is 42.5 Å². The van der Waals surface area contributed by atoms with Crippen LogP contribution in [0.3, 0.4) is 0 Å². The molecule has 0 radical (unpaired) electrons. The molecule has 1 fully saturated rings. The molecule has 1 saturated heterocycles. The van der Waals surface area contributed by atoms with Gasteiger partial charge in [-0.1, -0.05) is 24.3 Å². The van der Waals surface area contributed by atoms with Gasteiger partial charge in [-0.05, 0) is 61.4 Å². The summed E-state index contributed by atoms with van der Waals surface area (Å²) in [6.07, 6.45) is 3.54. The number of nitro benzene ring substituents is 1. The fraction of sp³-hybridized carbons (Fsp3) is 0.200. The topological polar surface area (TPSA) is 96.6 Å². The smallest absolute Gasteiger partial charge is 0.269 e. The number of pyridine rings is 1. The summed E-state index contributed by atoms with van der Waals surface area (Å²) >= 11 is 0. The van der Waals surface area contributed by atoms with E-state index in [1.165, 1.54) is 12.1 Å². The van der Waals surface area contributed by atoms with Crippen molar-refractivity contribution in [3.63, 3.8) is 0 Å². The lowest BCUT2D eigenvalue weighted by atomic mass is 10.1. The third-order valence-electron chi connectivity index (χ3n) is 5.40. The van der Waals surface area contributed by atoms with Crippen LogP contribution in [0.25, 0.3) is 23.4 Å². The first-order chi connectivity index (χ1) is 15.9. The summed E-state index contributed by atoms with van der Waals surface area (Å²) in [7, 11) is 0. The van der Waals surface area contributed by atoms with Crippen molar-refractivity contribution in [1.29, 1.82) is 0 Å². The van der Waals surface area contributed by atoms with E-state index in [-0.39, 0.29) is 31.1 Å². The molecule has 2 heterocycles. The Morgan fingerprint density at radius 1 is 1.16 bits per heavy atom. The predicted octanol–water partition coefficient (Wildman–Crippen LogP) is 4.42. The second kappa shape index (κ2) is 9.11. The number of rotatable bonds is 5. The summed E-state index contributed by atoms with van der Waals surface area (Å²) < 4.78 is 7.61. The Morgan fingerprint density at radius 3 is 2.59 bits per heavy atom. The average molecular weight is 430 g/mol. The number of likely N-dealkylation sites (tertiary alicyclic amines) is 1. The molecule has 2 atom stereocenters. The van der Waals surface area contributed by atoms with E-state index in [1.54, 1.807) is 29.2 Å². The third-order valence-corrected chi connectivity index (χ3v) is 5.40. The monoisotopic (exact) mass is 430 g/mol. The van der Waals surface area contributed by atoms with E-state index in [4.69, 9.17) is 1.37 Å². The van der Waals surface area contributed by atoms with Gasteiger partial charge in [0.15, 0.2) is 0 Å². The number of benzene rings is 2. The van der Waals surface area contributed by atoms with Gasteiger partial charge in [0, 0.05) is 37.2 Å². The number of β-amino-alcohol motifs (C(OH)–C–C–N with tert-alkyl or cyclic N) is 1. The van der Waals surface area contributed by atoms with Crippen LogP contribution in [-0.2, 0) is 0 Å². The van der Waals surface area contributed by atoms with Gasteiger partial charge in [0.2, 0.25) is 0 Å². The van der Waals surface area contributed by atoms with E-state index in [0.717, 1.165) is 22.5 Å². The van der Waals surface area contributed by atoms with Crippen LogP contribution in [0.1, 0.15) is 36.3 Å². The number of hydrogen-bond donors (Lipinski definition) is 1. The molecule has 3 aromatic rings. The van der Waals surface area contributed by atoms with Gasteiger partial charge in [0.25, 0.3) is 11.6 Å². The maximum Gasteiger partial charge on any atom is 0.269 e. The first-order valence-electron chi connectivity index (χ1n) is 10.9. The number of carbonyl (C=O) groups is 1. The summed E-state index contributed by atoms with van der Waals surface area (Å²) in [5.74, 6) is -0.178. The Balaban J connectivity index is 1.48. The normalized spacial score (nSPS) is 18.7. The number of aliphatic hydroxyl groups is 1. The number of amides is 1. The lowest BCUT2D eigenvalue weighted by Crippen LogP contribution is -2.34. The van der Waals surface area contributed by atoms with Crippen LogP contribution in [0.15, 0.2) is 66.7 Å². The average Bonchev–Trinajstić information content (AvgIpc) is 3.23. The van der Waals surface area contributed by atoms with Gasteiger partial charge in [-0.3, -0.25) is 14.9 Å². The van der Waals surface area contributed by atoms with Gasteiger partial charge < -0.3 is 10.0 Å². The molecule has 7 heteroatoms. The Hall–Kier alpha value is -3.84. The van der Waals surface area contributed by atoms with E-state index in [9.17, 15) is 20.0 Å². The minimum Gasteiger partial charge on any atom is -0.391 e. The van der Waals surface area contributed by atoms with Gasteiger partial charge in [0.1, 0.15) is 0 Å². The molecular weight excluding hydrogens is 406 g/mol. The summed E-state index contributed by atoms with van der Waals surface area (Å²) in [6.45, 7) is 0.333. The van der Waals surface area contributed by atoms with Crippen molar-refractivity contribution < 1.29 is 16.2 Å². The van der Waals surface area contributed by atoms with Crippen LogP contribution in [0.5, 0.6) is 0 Å². The van der Waals surface area contributed by atoms with Crippen LogP contribution in [0.4, 0.5) is 5.69 Å². The first-order valence-corrected chi connectivity index (χ1v) is 10.2. The minimum atomic E-state index is -0.574. The third kappa shape index (κ3) is 4.73. The molecule has 0 unspecified atom stereocenters. The van der Waals surface area contributed by atoms with Crippen molar-refractivity contribution in [2.24, 2.45) is 0 Å². The van der Waals surface area contributed by atoms with Crippen LogP contribution in [0.2, 0.25) is 0 Å². The van der Waals surface area contributed by atoms with Crippen LogP contribution in [-0.4, -0.2) is 44.5 Å². The van der Waals surface area contributed by atoms with Crippen LogP contribution in [0, 0.1) is 10.1 Å². The molecule has 1 aliphatic rings. The van der Waals surface area contributed by atoms with E-state index < -0.39 is 11.0 Å². The fourth-order valence-corrected chi connectivity index (χ4v) is 3.68. The molecule has 7 nitrogen and oxygen atoms in total. The van der Waals surface area contributed by atoms with Crippen LogP contribution < -0.4 is 0 Å². The SMILES string of the molecule is [2H]C[C@@H]1C[C@@H](O)CN1C(=O)c1ccc(-c2cccc(/C=C/c3ccc([N+](=O)[O-])cc3)n2)cc1. The highest BCUT2D eigenvalue weighted by atomic mass is 16.6. The highest BCUT2D eigenvalue weighted by Gasteiger charge is 2.31. The maximum absolute atomic E-state index is 12.8. The maximum atomic E-state index is 12.8. The summed E-state index contributed by atoms with van der Waals surface area (Å²) in [4.78, 5) is 29.4. The Labute approximate surface area is 187 Å². The Morgan fingerprint density at radius 2 is 1.91 bits per heavy atom. The number of aliphatic hydroxyl groups excluding tert-OH is 1. The second-order valence-electron chi connectivity index (χ2n) is 7.71.